The summed E-state index contributed by atoms with van der Waals surface area (Å²) < 4.78 is 7.99. The predicted molar refractivity (Wildman–Crippen MR) is 136 cm³/mol. The normalized spacial score (nSPS) is 37.5. The number of nitrogens with zero attached hydrogens (tertiary/aromatic N) is 1. The van der Waals surface area contributed by atoms with Crippen LogP contribution in [0.1, 0.15) is 69.6 Å². The molecular weight excluding hydrogens is 458 g/mol. The SMILES string of the molecule is CCn1cc(C)c(C(=O)O[C@H]2C(C)=C[C@]34C(=O)[C@@H](C=C(CO)[C@@H](O)[C@]23O)C(C)(C)[C@@H](C)C[C@H]4C)c1C. The molecular formula is C29H41NO6. The fraction of sp³-hybridized carbons (Fsp3) is 0.655. The highest BCUT2D eigenvalue weighted by Crippen LogP contribution is 2.62. The van der Waals surface area contributed by atoms with Crippen LogP contribution in [0.15, 0.2) is 29.5 Å². The first-order chi connectivity index (χ1) is 16.7. The van der Waals surface area contributed by atoms with Crippen molar-refractivity contribution in [3.63, 3.8) is 0 Å². The second kappa shape index (κ2) is 8.67. The lowest BCUT2D eigenvalue weighted by molar-refractivity contribution is -0.190. The average Bonchev–Trinajstić information content (AvgIpc) is 3.19. The van der Waals surface area contributed by atoms with Gasteiger partial charge in [0.25, 0.3) is 0 Å². The van der Waals surface area contributed by atoms with Gasteiger partial charge in [0.1, 0.15) is 6.10 Å². The van der Waals surface area contributed by atoms with Gasteiger partial charge in [0.15, 0.2) is 17.5 Å². The number of ketones is 1. The van der Waals surface area contributed by atoms with Gasteiger partial charge in [0.2, 0.25) is 0 Å². The molecule has 7 nitrogen and oxygen atoms in total. The zero-order chi connectivity index (χ0) is 27.0. The highest BCUT2D eigenvalue weighted by Gasteiger charge is 2.73. The number of hydrogen-bond donors (Lipinski definition) is 3. The highest BCUT2D eigenvalue weighted by molar-refractivity contribution is 5.96. The van der Waals surface area contributed by atoms with Crippen LogP contribution in [0.3, 0.4) is 0 Å². The first-order valence-electron chi connectivity index (χ1n) is 13.0. The Morgan fingerprint density at radius 3 is 2.39 bits per heavy atom. The Balaban J connectivity index is 1.89. The maximum Gasteiger partial charge on any atom is 0.340 e. The van der Waals surface area contributed by atoms with Gasteiger partial charge in [-0.05, 0) is 68.1 Å². The van der Waals surface area contributed by atoms with Gasteiger partial charge in [0, 0.05) is 24.4 Å². The van der Waals surface area contributed by atoms with Crippen LogP contribution in [-0.2, 0) is 16.1 Å². The number of carbonyl (C=O) groups excluding carboxylic acids is 2. The Hall–Kier alpha value is -2.22. The van der Waals surface area contributed by atoms with Crippen molar-refractivity contribution in [1.29, 1.82) is 0 Å². The number of esters is 1. The van der Waals surface area contributed by atoms with Crippen molar-refractivity contribution >= 4 is 11.8 Å². The summed E-state index contributed by atoms with van der Waals surface area (Å²) in [4.78, 5) is 28.0. The van der Waals surface area contributed by atoms with E-state index >= 15 is 0 Å². The molecule has 1 aromatic rings. The summed E-state index contributed by atoms with van der Waals surface area (Å²) in [5.74, 6) is -1.63. The van der Waals surface area contributed by atoms with Gasteiger partial charge < -0.3 is 24.6 Å². The van der Waals surface area contributed by atoms with Crippen molar-refractivity contribution < 1.29 is 29.6 Å². The van der Waals surface area contributed by atoms with Crippen molar-refractivity contribution in [2.45, 2.75) is 86.2 Å². The molecule has 198 valence electrons. The Morgan fingerprint density at radius 2 is 1.83 bits per heavy atom. The third-order valence-electron chi connectivity index (χ3n) is 9.82. The van der Waals surface area contributed by atoms with Crippen LogP contribution >= 0.6 is 0 Å². The molecule has 3 aliphatic carbocycles. The smallest absolute Gasteiger partial charge is 0.340 e. The lowest BCUT2D eigenvalue weighted by atomic mass is 9.59. The first-order valence-corrected chi connectivity index (χ1v) is 13.0. The number of aromatic nitrogens is 1. The molecule has 7 atom stereocenters. The molecule has 0 amide bonds. The second-order valence-electron chi connectivity index (χ2n) is 11.9. The molecule has 7 heteroatoms. The van der Waals surface area contributed by atoms with E-state index in [1.54, 1.807) is 19.1 Å². The maximum atomic E-state index is 14.4. The van der Waals surface area contributed by atoms with Gasteiger partial charge >= 0.3 is 5.97 Å². The lowest BCUT2D eigenvalue weighted by Gasteiger charge is -2.48. The quantitative estimate of drug-likeness (QED) is 0.432. The van der Waals surface area contributed by atoms with E-state index in [0.717, 1.165) is 11.3 Å². The van der Waals surface area contributed by atoms with Gasteiger partial charge in [-0.1, -0.05) is 39.8 Å². The summed E-state index contributed by atoms with van der Waals surface area (Å²) in [6, 6.07) is 0. The fourth-order valence-corrected chi connectivity index (χ4v) is 7.28. The lowest BCUT2D eigenvalue weighted by Crippen LogP contribution is -2.65. The minimum absolute atomic E-state index is 0.130. The Morgan fingerprint density at radius 1 is 1.19 bits per heavy atom. The van der Waals surface area contributed by atoms with Crippen molar-refractivity contribution in [2.24, 2.45) is 28.6 Å². The average molecular weight is 500 g/mol. The van der Waals surface area contributed by atoms with Crippen molar-refractivity contribution in [3.8, 4) is 0 Å². The van der Waals surface area contributed by atoms with Crippen molar-refractivity contribution in [3.05, 3.63) is 46.3 Å². The van der Waals surface area contributed by atoms with E-state index in [-0.39, 0.29) is 23.2 Å². The molecule has 2 bridgehead atoms. The molecule has 1 fully saturated rings. The van der Waals surface area contributed by atoms with Gasteiger partial charge in [-0.3, -0.25) is 4.79 Å². The molecule has 0 unspecified atom stereocenters. The summed E-state index contributed by atoms with van der Waals surface area (Å²) in [7, 11) is 0. The van der Waals surface area contributed by atoms with E-state index in [1.165, 1.54) is 0 Å². The number of aliphatic hydroxyl groups is 3. The third kappa shape index (κ3) is 3.28. The van der Waals surface area contributed by atoms with Crippen LogP contribution in [0.2, 0.25) is 0 Å². The van der Waals surface area contributed by atoms with Crippen LogP contribution in [0.4, 0.5) is 0 Å². The number of rotatable bonds is 4. The molecule has 1 heterocycles. The van der Waals surface area contributed by atoms with E-state index in [2.05, 4.69) is 6.92 Å². The fourth-order valence-electron chi connectivity index (χ4n) is 7.28. The molecule has 0 saturated heterocycles. The van der Waals surface area contributed by atoms with Crippen LogP contribution in [0.5, 0.6) is 0 Å². The molecule has 3 N–H and O–H groups in total. The van der Waals surface area contributed by atoms with Gasteiger partial charge in [-0.15, -0.1) is 0 Å². The minimum Gasteiger partial charge on any atom is -0.451 e. The van der Waals surface area contributed by atoms with Crippen LogP contribution < -0.4 is 0 Å². The molecule has 0 aliphatic heterocycles. The van der Waals surface area contributed by atoms with Gasteiger partial charge in [-0.25, -0.2) is 4.79 Å². The standard InChI is InChI=1S/C29H41NO6/c1-9-30-13-16(3)22(19(30)6)26(34)36-25-15(2)12-28-18(5)10-17(4)27(7,8)21(24(28)33)11-20(14-31)23(32)29(25,28)35/h11-13,17-18,21,23,25,31-32,35H,9-10,14H2,1-8H3/t17-,18+,21+,23+,25-,28-,29-/m0/s1. The van der Waals surface area contributed by atoms with E-state index in [1.807, 2.05) is 52.3 Å². The highest BCUT2D eigenvalue weighted by atomic mass is 16.6. The third-order valence-corrected chi connectivity index (χ3v) is 9.82. The molecule has 0 radical (unpaired) electrons. The molecule has 1 saturated carbocycles. The Bertz CT molecular complexity index is 1160. The summed E-state index contributed by atoms with van der Waals surface area (Å²) in [5, 5.41) is 34.4. The largest absolute Gasteiger partial charge is 0.451 e. The Labute approximate surface area is 213 Å². The monoisotopic (exact) mass is 499 g/mol. The van der Waals surface area contributed by atoms with Crippen LogP contribution in [0, 0.1) is 42.4 Å². The number of carbonyl (C=O) groups is 2. The molecule has 3 aliphatic rings. The van der Waals surface area contributed by atoms with Crippen LogP contribution in [0.25, 0.3) is 0 Å². The van der Waals surface area contributed by atoms with Gasteiger partial charge in [-0.2, -0.15) is 0 Å². The van der Waals surface area contributed by atoms with E-state index in [0.29, 0.717) is 24.1 Å². The van der Waals surface area contributed by atoms with E-state index < -0.39 is 47.1 Å². The summed E-state index contributed by atoms with van der Waals surface area (Å²) in [5.41, 5.74) is -1.44. The maximum absolute atomic E-state index is 14.4. The number of allylic oxidation sites excluding steroid dienone is 1. The molecule has 4 rings (SSSR count). The van der Waals surface area contributed by atoms with E-state index in [4.69, 9.17) is 4.74 Å². The zero-order valence-corrected chi connectivity index (χ0v) is 22.8. The minimum atomic E-state index is -2.15. The number of aliphatic hydroxyl groups excluding tert-OH is 2. The molecule has 1 aromatic heterocycles. The van der Waals surface area contributed by atoms with Crippen molar-refractivity contribution in [1.82, 2.24) is 4.57 Å². The molecule has 1 spiro atoms. The first kappa shape index (κ1) is 26.8. The van der Waals surface area contributed by atoms with Crippen molar-refractivity contribution in [2.75, 3.05) is 6.61 Å². The van der Waals surface area contributed by atoms with Crippen LogP contribution in [-0.4, -0.2) is 56.1 Å². The number of Topliss-reactive ketones (excluding diaryl/α,β-unsaturated/α-hetero) is 1. The topological polar surface area (TPSA) is 109 Å². The van der Waals surface area contributed by atoms with Gasteiger partial charge in [0.05, 0.1) is 17.6 Å². The Kier molecular flexibility index (Phi) is 6.47. The van der Waals surface area contributed by atoms with E-state index in [9.17, 15) is 24.9 Å². The summed E-state index contributed by atoms with van der Waals surface area (Å²) >= 11 is 0. The second-order valence-corrected chi connectivity index (χ2v) is 11.9. The predicted octanol–water partition coefficient (Wildman–Crippen LogP) is 3.51. The summed E-state index contributed by atoms with van der Waals surface area (Å²) in [6.45, 7) is 15.7. The molecule has 0 aromatic carbocycles. The number of ether oxygens (including phenoxy) is 1. The number of hydrogen-bond acceptors (Lipinski definition) is 6. The molecule has 36 heavy (non-hydrogen) atoms. The zero-order valence-electron chi connectivity index (χ0n) is 22.8. The number of aryl methyl sites for hydroxylation is 2. The number of fused-ring (bicyclic) bond motifs is 1. The summed E-state index contributed by atoms with van der Waals surface area (Å²) in [6.07, 6.45) is 3.09.